The first-order valence-electron chi connectivity index (χ1n) is 10.0. The number of benzene rings is 3. The highest BCUT2D eigenvalue weighted by atomic mass is 127. The minimum atomic E-state index is -0.156. The lowest BCUT2D eigenvalue weighted by molar-refractivity contribution is -0.115. The molecule has 4 rings (SSSR count). The molecule has 33 heavy (non-hydrogen) atoms. The second-order valence-corrected chi connectivity index (χ2v) is 10.6. The molecule has 3 aromatic carbocycles. The number of halogens is 2. The molecule has 3 aromatic rings. The summed E-state index contributed by atoms with van der Waals surface area (Å²) >= 11 is 5.88. The number of hydrogen-bond donors (Lipinski definition) is 1. The van der Waals surface area contributed by atoms with Crippen LogP contribution in [0.25, 0.3) is 6.08 Å². The van der Waals surface area contributed by atoms with Gasteiger partial charge in [0.25, 0.3) is 5.91 Å². The van der Waals surface area contributed by atoms with Crippen LogP contribution in [0.3, 0.4) is 0 Å². The summed E-state index contributed by atoms with van der Waals surface area (Å²) in [6.45, 7) is 2.58. The van der Waals surface area contributed by atoms with Gasteiger partial charge < -0.3 is 14.8 Å². The number of nitrogens with zero attached hydrogens (tertiary/aromatic N) is 1. The molecule has 0 saturated carbocycles. The fraction of sp³-hybridized carbons (Fsp3) is 0.120. The van der Waals surface area contributed by atoms with Gasteiger partial charge in [0.05, 0.1) is 24.8 Å². The van der Waals surface area contributed by atoms with Crippen molar-refractivity contribution in [3.8, 4) is 11.5 Å². The van der Waals surface area contributed by atoms with E-state index in [1.165, 1.54) is 17.3 Å². The number of methoxy groups -OCH3 is 1. The van der Waals surface area contributed by atoms with Crippen molar-refractivity contribution in [1.29, 1.82) is 0 Å². The molecule has 5 nitrogen and oxygen atoms in total. The number of ether oxygens (including phenoxy) is 2. The topological polar surface area (TPSA) is 59.9 Å². The molecule has 0 spiro atoms. The van der Waals surface area contributed by atoms with Crippen molar-refractivity contribution in [2.45, 2.75) is 13.5 Å². The molecule has 1 aliphatic heterocycles. The highest BCUT2D eigenvalue weighted by molar-refractivity contribution is 14.1. The predicted molar refractivity (Wildman–Crippen MR) is 151 cm³/mol. The Labute approximate surface area is 224 Å². The first-order valence-corrected chi connectivity index (χ1v) is 13.0. The molecule has 0 aromatic heterocycles. The van der Waals surface area contributed by atoms with Gasteiger partial charge in [-0.2, -0.15) is 0 Å². The van der Waals surface area contributed by atoms with Crippen molar-refractivity contribution in [2.24, 2.45) is 4.99 Å². The molecule has 1 N–H and O–H groups in total. The smallest absolute Gasteiger partial charge is 0.264 e. The zero-order valence-corrected chi connectivity index (χ0v) is 23.0. The highest BCUT2D eigenvalue weighted by Crippen LogP contribution is 2.33. The minimum absolute atomic E-state index is 0.156. The average Bonchev–Trinajstić information content (AvgIpc) is 3.12. The third kappa shape index (κ3) is 6.30. The van der Waals surface area contributed by atoms with Crippen LogP contribution in [0.5, 0.6) is 11.5 Å². The van der Waals surface area contributed by atoms with Gasteiger partial charge in [0.1, 0.15) is 18.1 Å². The quantitative estimate of drug-likeness (QED) is 0.233. The number of carbonyl (C=O) groups is 1. The predicted octanol–water partition coefficient (Wildman–Crippen LogP) is 6.68. The van der Waals surface area contributed by atoms with E-state index in [4.69, 9.17) is 9.47 Å². The van der Waals surface area contributed by atoms with Crippen LogP contribution in [0.4, 0.5) is 5.69 Å². The van der Waals surface area contributed by atoms with Crippen LogP contribution in [0.2, 0.25) is 0 Å². The third-order valence-electron chi connectivity index (χ3n) is 4.74. The van der Waals surface area contributed by atoms with Crippen molar-refractivity contribution in [3.05, 3.63) is 89.4 Å². The van der Waals surface area contributed by atoms with E-state index in [-0.39, 0.29) is 5.91 Å². The first kappa shape index (κ1) is 24.1. The van der Waals surface area contributed by atoms with E-state index in [2.05, 4.69) is 80.6 Å². The van der Waals surface area contributed by atoms with Gasteiger partial charge in [-0.25, -0.2) is 4.99 Å². The van der Waals surface area contributed by atoms with Crippen LogP contribution in [-0.4, -0.2) is 18.2 Å². The molecule has 1 amide bonds. The Bertz CT molecular complexity index is 1230. The van der Waals surface area contributed by atoms with Gasteiger partial charge in [0, 0.05) is 0 Å². The SMILES string of the molecule is COc1ccc(N=C2NC(=O)/C(=C\c3cc(I)c(OCc4cccc(C)c4)c(I)c3)S2)cc1. The number of aliphatic imine (C=N–C) groups is 1. The molecule has 1 heterocycles. The minimum Gasteiger partial charge on any atom is -0.497 e. The summed E-state index contributed by atoms with van der Waals surface area (Å²) in [5, 5.41) is 3.39. The van der Waals surface area contributed by atoms with Crippen molar-refractivity contribution < 1.29 is 14.3 Å². The number of hydrogen-bond acceptors (Lipinski definition) is 5. The molecule has 1 saturated heterocycles. The molecule has 0 bridgehead atoms. The molecule has 1 aliphatic rings. The van der Waals surface area contributed by atoms with E-state index < -0.39 is 0 Å². The normalized spacial score (nSPS) is 15.7. The fourth-order valence-electron chi connectivity index (χ4n) is 3.16. The third-order valence-corrected chi connectivity index (χ3v) is 7.25. The molecule has 0 radical (unpaired) electrons. The Morgan fingerprint density at radius 1 is 1.06 bits per heavy atom. The van der Waals surface area contributed by atoms with E-state index in [0.717, 1.165) is 35.5 Å². The molecule has 0 unspecified atom stereocenters. The van der Waals surface area contributed by atoms with Gasteiger partial charge in [0.2, 0.25) is 0 Å². The monoisotopic (exact) mass is 682 g/mol. The Hall–Kier alpha value is -2.05. The summed E-state index contributed by atoms with van der Waals surface area (Å²) < 4.78 is 13.3. The summed E-state index contributed by atoms with van der Waals surface area (Å²) in [4.78, 5) is 17.6. The molecular formula is C25H20I2N2O3S. The molecule has 8 heteroatoms. The van der Waals surface area contributed by atoms with E-state index >= 15 is 0 Å². The summed E-state index contributed by atoms with van der Waals surface area (Å²) in [6, 6.07) is 19.7. The van der Waals surface area contributed by atoms with Crippen LogP contribution < -0.4 is 14.8 Å². The summed E-state index contributed by atoms with van der Waals surface area (Å²) in [6.07, 6.45) is 1.88. The first-order chi connectivity index (χ1) is 15.9. The van der Waals surface area contributed by atoms with Crippen LogP contribution in [0.1, 0.15) is 16.7 Å². The number of thioether (sulfide) groups is 1. The number of amidine groups is 1. The summed E-state index contributed by atoms with van der Waals surface area (Å²) in [5.41, 5.74) is 4.04. The molecule has 0 atom stereocenters. The van der Waals surface area contributed by atoms with E-state index in [1.807, 2.05) is 48.5 Å². The lowest BCUT2D eigenvalue weighted by Crippen LogP contribution is -2.19. The highest BCUT2D eigenvalue weighted by Gasteiger charge is 2.24. The van der Waals surface area contributed by atoms with Crippen LogP contribution in [0, 0.1) is 14.1 Å². The Kier molecular flexibility index (Phi) is 7.97. The molecule has 168 valence electrons. The lowest BCUT2D eigenvalue weighted by Gasteiger charge is -2.12. The van der Waals surface area contributed by atoms with E-state index in [0.29, 0.717) is 16.7 Å². The molecule has 0 aliphatic carbocycles. The largest absolute Gasteiger partial charge is 0.497 e. The Morgan fingerprint density at radius 3 is 2.45 bits per heavy atom. The zero-order chi connectivity index (χ0) is 23.4. The molecular weight excluding hydrogens is 662 g/mol. The fourth-order valence-corrected chi connectivity index (χ4v) is 6.13. The summed E-state index contributed by atoms with van der Waals surface area (Å²) in [7, 11) is 1.62. The number of nitrogens with one attached hydrogen (secondary N) is 1. The van der Waals surface area contributed by atoms with Crippen LogP contribution >= 0.6 is 56.9 Å². The van der Waals surface area contributed by atoms with Crippen molar-refractivity contribution in [2.75, 3.05) is 7.11 Å². The number of amides is 1. The van der Waals surface area contributed by atoms with Crippen molar-refractivity contribution >= 4 is 79.8 Å². The number of rotatable bonds is 6. The maximum absolute atomic E-state index is 12.5. The summed E-state index contributed by atoms with van der Waals surface area (Å²) in [5.74, 6) is 1.46. The average molecular weight is 682 g/mol. The second kappa shape index (κ2) is 10.9. The maximum atomic E-state index is 12.5. The zero-order valence-electron chi connectivity index (χ0n) is 17.9. The van der Waals surface area contributed by atoms with E-state index in [1.54, 1.807) is 7.11 Å². The van der Waals surface area contributed by atoms with Gasteiger partial charge in [-0.15, -0.1) is 0 Å². The van der Waals surface area contributed by atoms with Crippen molar-refractivity contribution in [1.82, 2.24) is 5.32 Å². The number of aryl methyl sites for hydroxylation is 1. The molecule has 1 fully saturated rings. The van der Waals surface area contributed by atoms with Crippen LogP contribution in [0.15, 0.2) is 70.6 Å². The van der Waals surface area contributed by atoms with Gasteiger partial charge in [-0.3, -0.25) is 4.79 Å². The van der Waals surface area contributed by atoms with Crippen LogP contribution in [-0.2, 0) is 11.4 Å². The van der Waals surface area contributed by atoms with Gasteiger partial charge in [-0.05, 0) is 117 Å². The maximum Gasteiger partial charge on any atom is 0.264 e. The van der Waals surface area contributed by atoms with E-state index in [9.17, 15) is 4.79 Å². The Balaban J connectivity index is 1.49. The standard InChI is InChI=1S/C25H20I2N2O3S/c1-15-4-3-5-16(10-15)14-32-23-20(26)11-17(12-21(23)27)13-22-24(30)29-25(33-22)28-18-6-8-19(31-2)9-7-18/h3-13H,14H2,1-2H3,(H,28,29,30)/b22-13+. The van der Waals surface area contributed by atoms with Crippen molar-refractivity contribution in [3.63, 3.8) is 0 Å². The number of carbonyl (C=O) groups excluding carboxylic acids is 1. The lowest BCUT2D eigenvalue weighted by atomic mass is 10.1. The Morgan fingerprint density at radius 2 is 1.79 bits per heavy atom. The van der Waals surface area contributed by atoms with Gasteiger partial charge in [0.15, 0.2) is 5.17 Å². The van der Waals surface area contributed by atoms with Gasteiger partial charge in [-0.1, -0.05) is 29.8 Å². The van der Waals surface area contributed by atoms with Gasteiger partial charge >= 0.3 is 0 Å². The second-order valence-electron chi connectivity index (χ2n) is 7.27.